The minimum Gasteiger partial charge on any atom is -0.494 e. The zero-order chi connectivity index (χ0) is 18.4. The van der Waals surface area contributed by atoms with Gasteiger partial charge in [0.15, 0.2) is 0 Å². The molecule has 1 heterocycles. The molecule has 1 fully saturated rings. The lowest BCUT2D eigenvalue weighted by Gasteiger charge is -2.28. The van der Waals surface area contributed by atoms with E-state index in [4.69, 9.17) is 9.47 Å². The maximum absolute atomic E-state index is 12.4. The number of hydrogen-bond donors (Lipinski definition) is 2. The highest BCUT2D eigenvalue weighted by Gasteiger charge is 2.14. The summed E-state index contributed by atoms with van der Waals surface area (Å²) < 4.78 is 10.6. The van der Waals surface area contributed by atoms with E-state index in [0.717, 1.165) is 18.8 Å². The summed E-state index contributed by atoms with van der Waals surface area (Å²) in [6.45, 7) is 2.20. The van der Waals surface area contributed by atoms with Gasteiger partial charge in [-0.3, -0.25) is 0 Å². The van der Waals surface area contributed by atoms with E-state index in [1.807, 2.05) is 24.3 Å². The van der Waals surface area contributed by atoms with Crippen molar-refractivity contribution >= 4 is 23.1 Å². The number of methoxy groups -OCH3 is 2. The summed E-state index contributed by atoms with van der Waals surface area (Å²) in [4.78, 5) is 14.7. The van der Waals surface area contributed by atoms with Crippen LogP contribution in [0.4, 0.5) is 21.9 Å². The Kier molecular flexibility index (Phi) is 5.84. The van der Waals surface area contributed by atoms with Gasteiger partial charge in [0.2, 0.25) is 0 Å². The molecule has 0 bridgehead atoms. The van der Waals surface area contributed by atoms with Crippen LogP contribution in [0, 0.1) is 0 Å². The van der Waals surface area contributed by atoms with Crippen molar-refractivity contribution in [2.45, 2.75) is 19.3 Å². The van der Waals surface area contributed by atoms with E-state index < -0.39 is 0 Å². The predicted octanol–water partition coefficient (Wildman–Crippen LogP) is 4.34. The predicted molar refractivity (Wildman–Crippen MR) is 105 cm³/mol. The second-order valence-corrected chi connectivity index (χ2v) is 6.21. The number of carbonyl (C=O) groups is 1. The van der Waals surface area contributed by atoms with E-state index in [-0.39, 0.29) is 6.03 Å². The molecular weight excluding hydrogens is 330 g/mol. The first kappa shape index (κ1) is 17.9. The number of nitrogens with one attached hydrogen (secondary N) is 2. The van der Waals surface area contributed by atoms with Crippen molar-refractivity contribution < 1.29 is 14.3 Å². The molecule has 2 aromatic rings. The standard InChI is InChI=1S/C20H25N3O3/c1-25-17-7-6-8-18(26-2)19(17)22-20(24)21-15-9-11-16(12-10-15)23-13-4-3-5-14-23/h6-12H,3-5,13-14H2,1-2H3,(H2,21,22,24). The van der Waals surface area contributed by atoms with Crippen molar-refractivity contribution in [1.29, 1.82) is 0 Å². The number of hydrogen-bond acceptors (Lipinski definition) is 4. The van der Waals surface area contributed by atoms with Crippen LogP contribution < -0.4 is 25.0 Å². The third-order valence-corrected chi connectivity index (χ3v) is 4.51. The normalized spacial score (nSPS) is 13.8. The topological polar surface area (TPSA) is 62.8 Å². The van der Waals surface area contributed by atoms with Crippen LogP contribution in [0.2, 0.25) is 0 Å². The number of carbonyl (C=O) groups excluding carboxylic acids is 1. The summed E-state index contributed by atoms with van der Waals surface area (Å²) in [6, 6.07) is 12.9. The third-order valence-electron chi connectivity index (χ3n) is 4.51. The lowest BCUT2D eigenvalue weighted by Crippen LogP contribution is -2.29. The molecule has 0 spiro atoms. The van der Waals surface area contributed by atoms with Crippen molar-refractivity contribution in [3.63, 3.8) is 0 Å². The Bertz CT molecular complexity index is 718. The zero-order valence-corrected chi connectivity index (χ0v) is 15.2. The molecular formula is C20H25N3O3. The molecule has 0 aliphatic carbocycles. The van der Waals surface area contributed by atoms with Crippen molar-refractivity contribution in [2.24, 2.45) is 0 Å². The van der Waals surface area contributed by atoms with Crippen molar-refractivity contribution in [3.05, 3.63) is 42.5 Å². The highest BCUT2D eigenvalue weighted by atomic mass is 16.5. The molecule has 1 saturated heterocycles. The fraction of sp³-hybridized carbons (Fsp3) is 0.350. The van der Waals surface area contributed by atoms with Gasteiger partial charge in [-0.05, 0) is 55.7 Å². The van der Waals surface area contributed by atoms with E-state index >= 15 is 0 Å². The Labute approximate surface area is 154 Å². The molecule has 6 nitrogen and oxygen atoms in total. The van der Waals surface area contributed by atoms with E-state index in [1.165, 1.54) is 24.9 Å². The average Bonchev–Trinajstić information content (AvgIpc) is 2.69. The van der Waals surface area contributed by atoms with Crippen LogP contribution >= 0.6 is 0 Å². The highest BCUT2D eigenvalue weighted by Crippen LogP contribution is 2.34. The smallest absolute Gasteiger partial charge is 0.323 e. The molecule has 0 aromatic heterocycles. The molecule has 1 aliphatic heterocycles. The third kappa shape index (κ3) is 4.20. The van der Waals surface area contributed by atoms with Gasteiger partial charge in [0, 0.05) is 24.5 Å². The number of anilines is 3. The molecule has 3 rings (SSSR count). The number of rotatable bonds is 5. The number of nitrogens with zero attached hydrogens (tertiary/aromatic N) is 1. The molecule has 26 heavy (non-hydrogen) atoms. The average molecular weight is 355 g/mol. The van der Waals surface area contributed by atoms with Crippen LogP contribution in [0.15, 0.2) is 42.5 Å². The number of urea groups is 1. The van der Waals surface area contributed by atoms with Gasteiger partial charge in [-0.15, -0.1) is 0 Å². The largest absolute Gasteiger partial charge is 0.494 e. The van der Waals surface area contributed by atoms with Crippen LogP contribution in [-0.4, -0.2) is 33.3 Å². The second kappa shape index (κ2) is 8.47. The van der Waals surface area contributed by atoms with Crippen molar-refractivity contribution in [1.82, 2.24) is 0 Å². The molecule has 6 heteroatoms. The summed E-state index contributed by atoms with van der Waals surface area (Å²) in [6.07, 6.45) is 3.79. The minimum absolute atomic E-state index is 0.349. The van der Waals surface area contributed by atoms with Crippen molar-refractivity contribution in [3.8, 4) is 11.5 Å². The Morgan fingerprint density at radius 3 is 2.08 bits per heavy atom. The monoisotopic (exact) mass is 355 g/mol. The lowest BCUT2D eigenvalue weighted by molar-refractivity contribution is 0.262. The Hall–Kier alpha value is -2.89. The molecule has 0 saturated carbocycles. The Morgan fingerprint density at radius 1 is 0.885 bits per heavy atom. The van der Waals surface area contributed by atoms with E-state index in [0.29, 0.717) is 17.2 Å². The number of para-hydroxylation sites is 1. The van der Waals surface area contributed by atoms with Gasteiger partial charge in [0.1, 0.15) is 17.2 Å². The van der Waals surface area contributed by atoms with E-state index in [9.17, 15) is 4.79 Å². The molecule has 138 valence electrons. The Balaban J connectivity index is 1.65. The van der Waals surface area contributed by atoms with Crippen LogP contribution in [0.1, 0.15) is 19.3 Å². The summed E-state index contributed by atoms with van der Waals surface area (Å²) in [5.41, 5.74) is 2.43. The minimum atomic E-state index is -0.349. The fourth-order valence-corrected chi connectivity index (χ4v) is 3.16. The lowest BCUT2D eigenvalue weighted by atomic mass is 10.1. The van der Waals surface area contributed by atoms with Gasteiger partial charge in [-0.1, -0.05) is 6.07 Å². The molecule has 1 aliphatic rings. The number of ether oxygens (including phenoxy) is 2. The van der Waals surface area contributed by atoms with Crippen LogP contribution in [0.3, 0.4) is 0 Å². The summed E-state index contributed by atoms with van der Waals surface area (Å²) in [7, 11) is 3.11. The molecule has 2 amide bonds. The van der Waals surface area contributed by atoms with Crippen LogP contribution in [0.25, 0.3) is 0 Å². The summed E-state index contributed by atoms with van der Waals surface area (Å²) in [5.74, 6) is 1.08. The maximum atomic E-state index is 12.4. The van der Waals surface area contributed by atoms with Gasteiger partial charge < -0.3 is 25.0 Å². The van der Waals surface area contributed by atoms with E-state index in [1.54, 1.807) is 32.4 Å². The molecule has 2 aromatic carbocycles. The number of piperidine rings is 1. The first-order valence-electron chi connectivity index (χ1n) is 8.85. The molecule has 0 radical (unpaired) electrons. The first-order valence-corrected chi connectivity index (χ1v) is 8.85. The second-order valence-electron chi connectivity index (χ2n) is 6.21. The molecule has 0 atom stereocenters. The first-order chi connectivity index (χ1) is 12.7. The summed E-state index contributed by atoms with van der Waals surface area (Å²) in [5, 5.41) is 5.64. The van der Waals surface area contributed by atoms with Crippen LogP contribution in [0.5, 0.6) is 11.5 Å². The van der Waals surface area contributed by atoms with Gasteiger partial charge in [0.05, 0.1) is 14.2 Å². The van der Waals surface area contributed by atoms with Gasteiger partial charge >= 0.3 is 6.03 Å². The number of amides is 2. The van der Waals surface area contributed by atoms with Gasteiger partial charge in [-0.25, -0.2) is 4.79 Å². The maximum Gasteiger partial charge on any atom is 0.323 e. The van der Waals surface area contributed by atoms with Crippen LogP contribution in [-0.2, 0) is 0 Å². The highest BCUT2D eigenvalue weighted by molar-refractivity contribution is 6.01. The van der Waals surface area contributed by atoms with Crippen molar-refractivity contribution in [2.75, 3.05) is 42.8 Å². The fourth-order valence-electron chi connectivity index (χ4n) is 3.16. The van der Waals surface area contributed by atoms with Gasteiger partial charge in [-0.2, -0.15) is 0 Å². The number of benzene rings is 2. The zero-order valence-electron chi connectivity index (χ0n) is 15.2. The summed E-state index contributed by atoms with van der Waals surface area (Å²) >= 11 is 0. The Morgan fingerprint density at radius 2 is 1.50 bits per heavy atom. The SMILES string of the molecule is COc1cccc(OC)c1NC(=O)Nc1ccc(N2CCCCC2)cc1. The molecule has 2 N–H and O–H groups in total. The van der Waals surface area contributed by atoms with E-state index in [2.05, 4.69) is 15.5 Å². The molecule has 0 unspecified atom stereocenters. The quantitative estimate of drug-likeness (QED) is 0.837. The van der Waals surface area contributed by atoms with Gasteiger partial charge in [0.25, 0.3) is 0 Å².